The molecule has 0 radical (unpaired) electrons. The number of anilines is 1. The van der Waals surface area contributed by atoms with Gasteiger partial charge in [-0.05, 0) is 69.7 Å². The summed E-state index contributed by atoms with van der Waals surface area (Å²) in [7, 11) is 1.68. The number of aryl methyl sites for hydroxylation is 3. The quantitative estimate of drug-likeness (QED) is 0.494. The number of nitrogens with zero attached hydrogens (tertiary/aromatic N) is 4. The third-order valence-electron chi connectivity index (χ3n) is 6.63. The van der Waals surface area contributed by atoms with Gasteiger partial charge in [-0.3, -0.25) is 0 Å². The highest BCUT2D eigenvalue weighted by Crippen LogP contribution is 2.38. The van der Waals surface area contributed by atoms with Crippen molar-refractivity contribution in [2.75, 3.05) is 31.7 Å². The Morgan fingerprint density at radius 1 is 1.21 bits per heavy atom. The van der Waals surface area contributed by atoms with E-state index in [4.69, 9.17) is 19.6 Å². The van der Waals surface area contributed by atoms with Crippen LogP contribution in [-0.4, -0.2) is 47.4 Å². The molecule has 0 N–H and O–H groups in total. The molecule has 180 valence electrons. The second-order valence-corrected chi connectivity index (χ2v) is 8.75. The van der Waals surface area contributed by atoms with Crippen LogP contribution in [-0.2, 0) is 22.4 Å². The molecule has 2 aliphatic rings. The second kappa shape index (κ2) is 9.66. The van der Waals surface area contributed by atoms with Crippen molar-refractivity contribution in [1.82, 2.24) is 14.6 Å². The van der Waals surface area contributed by atoms with Crippen LogP contribution >= 0.6 is 12.4 Å². The first kappa shape index (κ1) is 24.1. The number of halogens is 1. The van der Waals surface area contributed by atoms with Gasteiger partial charge in [0, 0.05) is 23.4 Å². The van der Waals surface area contributed by atoms with E-state index in [2.05, 4.69) is 17.9 Å². The fraction of sp³-hybridized carbons (Fsp3) is 0.423. The van der Waals surface area contributed by atoms with Crippen LogP contribution in [0.3, 0.4) is 0 Å². The molecule has 0 atom stereocenters. The summed E-state index contributed by atoms with van der Waals surface area (Å²) < 4.78 is 12.7. The summed E-state index contributed by atoms with van der Waals surface area (Å²) in [5.41, 5.74) is 8.25. The smallest absolute Gasteiger partial charge is 0.335 e. The third-order valence-corrected chi connectivity index (χ3v) is 6.63. The van der Waals surface area contributed by atoms with Crippen molar-refractivity contribution in [3.05, 3.63) is 52.4 Å². The number of ether oxygens (including phenoxy) is 2. The van der Waals surface area contributed by atoms with Crippen molar-refractivity contribution >= 4 is 29.8 Å². The first-order chi connectivity index (χ1) is 16.0. The summed E-state index contributed by atoms with van der Waals surface area (Å²) in [6.07, 6.45) is 5.86. The van der Waals surface area contributed by atoms with Gasteiger partial charge in [-0.2, -0.15) is 9.61 Å². The van der Waals surface area contributed by atoms with Gasteiger partial charge in [0.25, 0.3) is 0 Å². The Morgan fingerprint density at radius 3 is 2.76 bits per heavy atom. The number of fused-ring (bicyclic) bond motifs is 2. The lowest BCUT2D eigenvalue weighted by Gasteiger charge is -2.30. The molecule has 0 unspecified atom stereocenters. The molecular formula is C26H31ClN4O3. The number of carbonyl (C=O) groups excluding carboxylic acids is 1. The number of hydrogen-bond donors (Lipinski definition) is 0. The standard InChI is InChI=1S/C26H30N4O3.ClH/c1-5-33-26(31)18-8-7-13-29(15-18)25-21-9-6-10-22(21)27-24-23(17(3)28-30(24)25)20-12-11-19(32-4)14-16(20)2;/h8,11-12,14H,5-7,9-10,13,15H2,1-4H3;1H. The van der Waals surface area contributed by atoms with E-state index in [1.165, 1.54) is 5.56 Å². The maximum atomic E-state index is 12.4. The van der Waals surface area contributed by atoms with Crippen LogP contribution in [0.2, 0.25) is 0 Å². The lowest BCUT2D eigenvalue weighted by molar-refractivity contribution is -0.138. The summed E-state index contributed by atoms with van der Waals surface area (Å²) in [6, 6.07) is 6.13. The molecule has 0 bridgehead atoms. The zero-order chi connectivity index (χ0) is 23.1. The van der Waals surface area contributed by atoms with Gasteiger partial charge in [0.05, 0.1) is 31.5 Å². The minimum absolute atomic E-state index is 0. The van der Waals surface area contributed by atoms with Gasteiger partial charge in [0.1, 0.15) is 11.6 Å². The molecule has 1 aliphatic heterocycles. The summed E-state index contributed by atoms with van der Waals surface area (Å²) in [6.45, 7) is 7.73. The second-order valence-electron chi connectivity index (χ2n) is 8.75. The van der Waals surface area contributed by atoms with Gasteiger partial charge in [-0.1, -0.05) is 12.1 Å². The van der Waals surface area contributed by atoms with Crippen LogP contribution in [0.1, 0.15) is 42.3 Å². The number of esters is 1. The molecule has 3 aromatic rings. The Labute approximate surface area is 206 Å². The zero-order valence-corrected chi connectivity index (χ0v) is 21.0. The normalized spacial score (nSPS) is 15.1. The summed E-state index contributed by atoms with van der Waals surface area (Å²) in [5.74, 6) is 1.68. The number of hydrogen-bond acceptors (Lipinski definition) is 6. The van der Waals surface area contributed by atoms with E-state index < -0.39 is 0 Å². The molecular weight excluding hydrogens is 452 g/mol. The van der Waals surface area contributed by atoms with Crippen molar-refractivity contribution in [3.63, 3.8) is 0 Å². The first-order valence-electron chi connectivity index (χ1n) is 11.7. The number of rotatable bonds is 5. The van der Waals surface area contributed by atoms with Crippen LogP contribution < -0.4 is 9.64 Å². The Morgan fingerprint density at radius 2 is 2.03 bits per heavy atom. The van der Waals surface area contributed by atoms with Crippen LogP contribution in [0.4, 0.5) is 5.82 Å². The van der Waals surface area contributed by atoms with Gasteiger partial charge in [-0.15, -0.1) is 12.4 Å². The van der Waals surface area contributed by atoms with Crippen LogP contribution in [0, 0.1) is 13.8 Å². The fourth-order valence-corrected chi connectivity index (χ4v) is 5.09. The van der Waals surface area contributed by atoms with Crippen LogP contribution in [0.5, 0.6) is 5.75 Å². The van der Waals surface area contributed by atoms with Gasteiger partial charge in [0.2, 0.25) is 0 Å². The van der Waals surface area contributed by atoms with Crippen LogP contribution in [0.25, 0.3) is 16.8 Å². The maximum absolute atomic E-state index is 12.4. The highest BCUT2D eigenvalue weighted by Gasteiger charge is 2.29. The first-order valence-corrected chi connectivity index (χ1v) is 11.7. The lowest BCUT2D eigenvalue weighted by Crippen LogP contribution is -2.35. The van der Waals surface area contributed by atoms with E-state index >= 15 is 0 Å². The monoisotopic (exact) mass is 482 g/mol. The highest BCUT2D eigenvalue weighted by atomic mass is 35.5. The average molecular weight is 483 g/mol. The number of methoxy groups -OCH3 is 1. The molecule has 0 saturated carbocycles. The molecule has 8 heteroatoms. The molecule has 0 fully saturated rings. The van der Waals surface area contributed by atoms with E-state index in [-0.39, 0.29) is 18.4 Å². The summed E-state index contributed by atoms with van der Waals surface area (Å²) >= 11 is 0. The molecule has 34 heavy (non-hydrogen) atoms. The maximum Gasteiger partial charge on any atom is 0.335 e. The van der Waals surface area contributed by atoms with Crippen molar-refractivity contribution in [3.8, 4) is 16.9 Å². The summed E-state index contributed by atoms with van der Waals surface area (Å²) in [4.78, 5) is 19.8. The molecule has 0 amide bonds. The molecule has 1 aliphatic carbocycles. The molecule has 2 aromatic heterocycles. The Balaban J connectivity index is 0.00000274. The molecule has 5 rings (SSSR count). The van der Waals surface area contributed by atoms with E-state index in [9.17, 15) is 4.79 Å². The Kier molecular flexibility index (Phi) is 6.84. The van der Waals surface area contributed by atoms with Crippen molar-refractivity contribution in [2.24, 2.45) is 0 Å². The average Bonchev–Trinajstić information content (AvgIpc) is 3.41. The SMILES string of the molecule is CCOC(=O)C1=CCCN(c2c3c(nc4c(-c5ccc(OC)cc5C)c(C)nn24)CCC3)C1.Cl. The van der Waals surface area contributed by atoms with E-state index in [0.717, 1.165) is 83.1 Å². The zero-order valence-electron chi connectivity index (χ0n) is 20.2. The minimum atomic E-state index is -0.227. The Hall–Kier alpha value is -3.06. The third kappa shape index (κ3) is 4.02. The van der Waals surface area contributed by atoms with Gasteiger partial charge in [0.15, 0.2) is 5.65 Å². The number of carbonyl (C=O) groups is 1. The summed E-state index contributed by atoms with van der Waals surface area (Å²) in [5, 5.41) is 4.98. The lowest BCUT2D eigenvalue weighted by atomic mass is 10.0. The van der Waals surface area contributed by atoms with Crippen molar-refractivity contribution in [2.45, 2.75) is 46.5 Å². The number of aromatic nitrogens is 3. The predicted octanol–water partition coefficient (Wildman–Crippen LogP) is 4.63. The highest BCUT2D eigenvalue weighted by molar-refractivity contribution is 5.90. The fourth-order valence-electron chi connectivity index (χ4n) is 5.09. The van der Waals surface area contributed by atoms with Crippen molar-refractivity contribution in [1.29, 1.82) is 0 Å². The van der Waals surface area contributed by atoms with Gasteiger partial charge >= 0.3 is 5.97 Å². The minimum Gasteiger partial charge on any atom is -0.497 e. The van der Waals surface area contributed by atoms with E-state index in [0.29, 0.717) is 13.2 Å². The molecule has 3 heterocycles. The topological polar surface area (TPSA) is 69.0 Å². The van der Waals surface area contributed by atoms with E-state index in [1.807, 2.05) is 36.6 Å². The van der Waals surface area contributed by atoms with Gasteiger partial charge in [-0.25, -0.2) is 9.78 Å². The molecule has 7 nitrogen and oxygen atoms in total. The van der Waals surface area contributed by atoms with Crippen LogP contribution in [0.15, 0.2) is 29.8 Å². The number of benzene rings is 1. The van der Waals surface area contributed by atoms with Crippen molar-refractivity contribution < 1.29 is 14.3 Å². The molecule has 1 aromatic carbocycles. The predicted molar refractivity (Wildman–Crippen MR) is 135 cm³/mol. The van der Waals surface area contributed by atoms with Gasteiger partial charge < -0.3 is 14.4 Å². The van der Waals surface area contributed by atoms with E-state index in [1.54, 1.807) is 7.11 Å². The molecule has 0 spiro atoms. The largest absolute Gasteiger partial charge is 0.497 e. The Bertz CT molecular complexity index is 1280. The molecule has 0 saturated heterocycles.